The van der Waals surface area contributed by atoms with Gasteiger partial charge in [0.25, 0.3) is 0 Å². The van der Waals surface area contributed by atoms with Crippen molar-refractivity contribution in [3.05, 3.63) is 82.8 Å². The highest BCUT2D eigenvalue weighted by molar-refractivity contribution is 6.12. The Hall–Kier alpha value is -3.28. The third-order valence-electron chi connectivity index (χ3n) is 5.75. The van der Waals surface area contributed by atoms with Crippen molar-refractivity contribution in [2.75, 3.05) is 6.61 Å². The maximum absolute atomic E-state index is 13.9. The first-order valence-electron chi connectivity index (χ1n) is 10.0. The molecule has 1 heterocycles. The van der Waals surface area contributed by atoms with Gasteiger partial charge in [-0.2, -0.15) is 0 Å². The number of allylic oxidation sites excluding steroid dienone is 2. The SMILES string of the molecule is CCOC(=O)[C@@H]1C(=O)C2=C(C[C@H]1c1ccccc1)NC(=O)C[C@@H]2c1cccc(F)c1. The minimum atomic E-state index is -1.00. The Morgan fingerprint density at radius 2 is 1.80 bits per heavy atom. The molecular weight excluding hydrogens is 385 g/mol. The Labute approximate surface area is 173 Å². The van der Waals surface area contributed by atoms with Crippen LogP contribution in [0.3, 0.4) is 0 Å². The maximum atomic E-state index is 13.9. The fourth-order valence-corrected chi connectivity index (χ4v) is 4.48. The summed E-state index contributed by atoms with van der Waals surface area (Å²) in [6, 6.07) is 15.2. The van der Waals surface area contributed by atoms with Crippen molar-refractivity contribution in [2.45, 2.75) is 31.6 Å². The quantitative estimate of drug-likeness (QED) is 0.621. The van der Waals surface area contributed by atoms with E-state index in [0.717, 1.165) is 5.56 Å². The average Bonchev–Trinajstić information content (AvgIpc) is 2.73. The molecule has 0 radical (unpaired) electrons. The van der Waals surface area contributed by atoms with E-state index in [4.69, 9.17) is 4.74 Å². The Morgan fingerprint density at radius 1 is 1.07 bits per heavy atom. The molecule has 5 nitrogen and oxygen atoms in total. The smallest absolute Gasteiger partial charge is 0.317 e. The Balaban J connectivity index is 1.82. The second kappa shape index (κ2) is 8.22. The number of carbonyl (C=O) groups is 3. The van der Waals surface area contributed by atoms with Crippen LogP contribution in [-0.4, -0.2) is 24.3 Å². The lowest BCUT2D eigenvalue weighted by atomic mass is 9.68. The van der Waals surface area contributed by atoms with E-state index < -0.39 is 29.5 Å². The lowest BCUT2D eigenvalue weighted by molar-refractivity contribution is -0.152. The zero-order chi connectivity index (χ0) is 21.3. The number of hydrogen-bond donors (Lipinski definition) is 1. The summed E-state index contributed by atoms with van der Waals surface area (Å²) < 4.78 is 19.1. The molecule has 0 unspecified atom stereocenters. The van der Waals surface area contributed by atoms with Crippen LogP contribution in [0.1, 0.15) is 42.7 Å². The van der Waals surface area contributed by atoms with Crippen molar-refractivity contribution in [3.8, 4) is 0 Å². The Bertz CT molecular complexity index is 1030. The van der Waals surface area contributed by atoms with Gasteiger partial charge >= 0.3 is 5.97 Å². The van der Waals surface area contributed by atoms with Crippen molar-refractivity contribution in [1.29, 1.82) is 0 Å². The molecule has 3 atom stereocenters. The van der Waals surface area contributed by atoms with Gasteiger partial charge in [0, 0.05) is 29.5 Å². The lowest BCUT2D eigenvalue weighted by Gasteiger charge is -2.38. The lowest BCUT2D eigenvalue weighted by Crippen LogP contribution is -2.44. The van der Waals surface area contributed by atoms with Crippen LogP contribution in [0.25, 0.3) is 0 Å². The first-order valence-corrected chi connectivity index (χ1v) is 10.0. The normalized spacial score (nSPS) is 23.6. The number of Topliss-reactive ketones (excluding diaryl/α,β-unsaturated/α-hetero) is 1. The van der Waals surface area contributed by atoms with Crippen LogP contribution in [0, 0.1) is 11.7 Å². The van der Waals surface area contributed by atoms with Gasteiger partial charge in [-0.05, 0) is 36.6 Å². The largest absolute Gasteiger partial charge is 0.465 e. The number of nitrogens with one attached hydrogen (secondary N) is 1. The summed E-state index contributed by atoms with van der Waals surface area (Å²) in [6.07, 6.45) is 0.353. The average molecular weight is 407 g/mol. The molecule has 4 rings (SSSR count). The molecular formula is C24H22FNO4. The fraction of sp³-hybridized carbons (Fsp3) is 0.292. The van der Waals surface area contributed by atoms with Crippen LogP contribution in [0.5, 0.6) is 0 Å². The molecule has 6 heteroatoms. The van der Waals surface area contributed by atoms with Gasteiger partial charge in [-0.1, -0.05) is 42.5 Å². The molecule has 0 saturated heterocycles. The van der Waals surface area contributed by atoms with Crippen LogP contribution in [-0.2, 0) is 19.1 Å². The number of benzene rings is 2. The summed E-state index contributed by atoms with van der Waals surface area (Å²) in [5.41, 5.74) is 2.27. The predicted molar refractivity (Wildman–Crippen MR) is 108 cm³/mol. The van der Waals surface area contributed by atoms with Gasteiger partial charge in [0.1, 0.15) is 11.7 Å². The minimum Gasteiger partial charge on any atom is -0.465 e. The van der Waals surface area contributed by atoms with Crippen molar-refractivity contribution < 1.29 is 23.5 Å². The van der Waals surface area contributed by atoms with Gasteiger partial charge in [0.15, 0.2) is 5.78 Å². The predicted octanol–water partition coefficient (Wildman–Crippen LogP) is 3.62. The molecule has 1 amide bonds. The Morgan fingerprint density at radius 3 is 2.50 bits per heavy atom. The summed E-state index contributed by atoms with van der Waals surface area (Å²) in [4.78, 5) is 38.9. The van der Waals surface area contributed by atoms with E-state index in [9.17, 15) is 18.8 Å². The van der Waals surface area contributed by atoms with E-state index in [2.05, 4.69) is 5.32 Å². The highest BCUT2D eigenvalue weighted by atomic mass is 19.1. The van der Waals surface area contributed by atoms with E-state index in [-0.39, 0.29) is 24.7 Å². The number of rotatable bonds is 4. The summed E-state index contributed by atoms with van der Waals surface area (Å²) >= 11 is 0. The highest BCUT2D eigenvalue weighted by Gasteiger charge is 2.47. The third kappa shape index (κ3) is 3.65. The van der Waals surface area contributed by atoms with Crippen LogP contribution < -0.4 is 5.32 Å². The summed E-state index contributed by atoms with van der Waals surface area (Å²) in [6.45, 7) is 1.86. The number of halogens is 1. The van der Waals surface area contributed by atoms with Gasteiger partial charge in [-0.15, -0.1) is 0 Å². The summed E-state index contributed by atoms with van der Waals surface area (Å²) in [5.74, 6) is -3.63. The first kappa shape index (κ1) is 20.0. The van der Waals surface area contributed by atoms with Gasteiger partial charge in [0.05, 0.1) is 6.61 Å². The molecule has 1 N–H and O–H groups in total. The van der Waals surface area contributed by atoms with E-state index in [1.54, 1.807) is 19.1 Å². The van der Waals surface area contributed by atoms with Crippen LogP contribution in [0.2, 0.25) is 0 Å². The molecule has 0 saturated carbocycles. The Kier molecular flexibility index (Phi) is 5.48. The number of ether oxygens (including phenoxy) is 1. The van der Waals surface area contributed by atoms with Crippen LogP contribution in [0.4, 0.5) is 4.39 Å². The van der Waals surface area contributed by atoms with Gasteiger partial charge in [-0.3, -0.25) is 14.4 Å². The van der Waals surface area contributed by atoms with Gasteiger partial charge in [-0.25, -0.2) is 4.39 Å². The summed E-state index contributed by atoms with van der Waals surface area (Å²) in [5, 5.41) is 2.83. The van der Waals surface area contributed by atoms with Crippen LogP contribution >= 0.6 is 0 Å². The molecule has 0 bridgehead atoms. The molecule has 0 spiro atoms. The molecule has 2 aromatic rings. The van der Waals surface area contributed by atoms with Crippen molar-refractivity contribution in [3.63, 3.8) is 0 Å². The summed E-state index contributed by atoms with van der Waals surface area (Å²) in [7, 11) is 0. The highest BCUT2D eigenvalue weighted by Crippen LogP contribution is 2.45. The van der Waals surface area contributed by atoms with Crippen molar-refractivity contribution in [2.24, 2.45) is 5.92 Å². The van der Waals surface area contributed by atoms with E-state index in [0.29, 0.717) is 23.3 Å². The molecule has 0 fully saturated rings. The number of esters is 1. The fourth-order valence-electron chi connectivity index (χ4n) is 4.48. The zero-order valence-electron chi connectivity index (χ0n) is 16.6. The molecule has 1 aliphatic heterocycles. The van der Waals surface area contributed by atoms with E-state index in [1.807, 2.05) is 30.3 Å². The number of hydrogen-bond acceptors (Lipinski definition) is 4. The first-order chi connectivity index (χ1) is 14.5. The van der Waals surface area contributed by atoms with E-state index in [1.165, 1.54) is 12.1 Å². The molecule has 2 aliphatic rings. The molecule has 2 aromatic carbocycles. The number of carbonyl (C=O) groups excluding carboxylic acids is 3. The second-order valence-electron chi connectivity index (χ2n) is 7.57. The molecule has 154 valence electrons. The van der Waals surface area contributed by atoms with Crippen molar-refractivity contribution in [1.82, 2.24) is 5.32 Å². The standard InChI is InChI=1S/C24H22FNO4/c1-2-30-24(29)22-17(14-7-4-3-5-8-14)12-19-21(23(22)28)18(13-20(27)26-19)15-9-6-10-16(25)11-15/h3-11,17-18,22H,2,12-13H2,1H3,(H,26,27)/t17-,18+,22-/m0/s1. The number of amides is 1. The second-order valence-corrected chi connectivity index (χ2v) is 7.57. The van der Waals surface area contributed by atoms with Crippen molar-refractivity contribution >= 4 is 17.7 Å². The topological polar surface area (TPSA) is 72.5 Å². The third-order valence-corrected chi connectivity index (χ3v) is 5.75. The van der Waals surface area contributed by atoms with Crippen LogP contribution in [0.15, 0.2) is 65.9 Å². The minimum absolute atomic E-state index is 0.0274. The number of ketones is 1. The van der Waals surface area contributed by atoms with E-state index >= 15 is 0 Å². The van der Waals surface area contributed by atoms with Gasteiger partial charge in [0.2, 0.25) is 5.91 Å². The molecule has 0 aromatic heterocycles. The molecule has 30 heavy (non-hydrogen) atoms. The van der Waals surface area contributed by atoms with Gasteiger partial charge < -0.3 is 10.1 Å². The molecule has 1 aliphatic carbocycles. The maximum Gasteiger partial charge on any atom is 0.317 e. The zero-order valence-corrected chi connectivity index (χ0v) is 16.6. The monoisotopic (exact) mass is 407 g/mol.